The van der Waals surface area contributed by atoms with Crippen LogP contribution in [0.2, 0.25) is 0 Å². The van der Waals surface area contributed by atoms with E-state index in [1.807, 2.05) is 11.2 Å². The highest BCUT2D eigenvalue weighted by Crippen LogP contribution is 2.20. The Labute approximate surface area is 156 Å². The van der Waals surface area contributed by atoms with E-state index < -0.39 is 0 Å². The van der Waals surface area contributed by atoms with Crippen molar-refractivity contribution in [3.05, 3.63) is 11.7 Å². The van der Waals surface area contributed by atoms with Crippen LogP contribution >= 0.6 is 11.8 Å². The molecule has 9 nitrogen and oxygen atoms in total. The van der Waals surface area contributed by atoms with Crippen LogP contribution in [-0.4, -0.2) is 72.5 Å². The van der Waals surface area contributed by atoms with Crippen LogP contribution in [0.3, 0.4) is 0 Å². The van der Waals surface area contributed by atoms with Gasteiger partial charge < -0.3 is 24.8 Å². The molecule has 0 unspecified atom stereocenters. The summed E-state index contributed by atoms with van der Waals surface area (Å²) < 4.78 is 10.4. The predicted octanol–water partition coefficient (Wildman–Crippen LogP) is -0.367. The molecule has 0 bridgehead atoms. The number of nitrogens with one attached hydrogen (secondary N) is 2. The Balaban J connectivity index is 1.48. The maximum Gasteiger partial charge on any atom is 0.246 e. The van der Waals surface area contributed by atoms with E-state index >= 15 is 0 Å². The van der Waals surface area contributed by atoms with Gasteiger partial charge >= 0.3 is 0 Å². The third-order valence-corrected chi connectivity index (χ3v) is 5.14. The minimum atomic E-state index is -0.243. The molecule has 2 saturated heterocycles. The molecule has 2 fully saturated rings. The molecule has 1 aromatic rings. The third-order valence-electron chi connectivity index (χ3n) is 4.59. The standard InChI is InChI=1S/C16H25N5O4S/c1-26-10-13-19-14(25-20-13)9-18-15(22)11-6-12(8-17-7-11)16(23)21-2-4-24-5-3-21/h11-12,17H,2-10H2,1H3,(H,18,22)/t11-,12+/m0/s1. The van der Waals surface area contributed by atoms with Crippen LogP contribution in [0, 0.1) is 11.8 Å². The number of aromatic nitrogens is 2. The van der Waals surface area contributed by atoms with Gasteiger partial charge in [-0.15, -0.1) is 0 Å². The summed E-state index contributed by atoms with van der Waals surface area (Å²) in [7, 11) is 0. The van der Waals surface area contributed by atoms with Gasteiger partial charge in [0.25, 0.3) is 0 Å². The number of piperidine rings is 1. The van der Waals surface area contributed by atoms with E-state index in [-0.39, 0.29) is 30.2 Å². The van der Waals surface area contributed by atoms with Gasteiger partial charge in [-0.05, 0) is 12.7 Å². The zero-order chi connectivity index (χ0) is 18.4. The molecule has 10 heteroatoms. The number of thioether (sulfide) groups is 1. The number of ether oxygens (including phenoxy) is 1. The lowest BCUT2D eigenvalue weighted by atomic mass is 9.88. The molecule has 2 N–H and O–H groups in total. The second kappa shape index (κ2) is 9.33. The van der Waals surface area contributed by atoms with Crippen LogP contribution in [0.5, 0.6) is 0 Å². The van der Waals surface area contributed by atoms with Crippen molar-refractivity contribution in [1.82, 2.24) is 25.7 Å². The van der Waals surface area contributed by atoms with Gasteiger partial charge in [-0.25, -0.2) is 0 Å². The Hall–Kier alpha value is -1.65. The van der Waals surface area contributed by atoms with Gasteiger partial charge in [0.15, 0.2) is 5.82 Å². The fourth-order valence-electron chi connectivity index (χ4n) is 3.23. The molecule has 2 aliphatic rings. The summed E-state index contributed by atoms with van der Waals surface area (Å²) in [4.78, 5) is 31.1. The van der Waals surface area contributed by atoms with Crippen molar-refractivity contribution in [1.29, 1.82) is 0 Å². The Morgan fingerprint density at radius 2 is 2.08 bits per heavy atom. The van der Waals surface area contributed by atoms with Crippen molar-refractivity contribution in [3.8, 4) is 0 Å². The number of hydrogen-bond donors (Lipinski definition) is 2. The summed E-state index contributed by atoms with van der Waals surface area (Å²) in [6, 6.07) is 0. The van der Waals surface area contributed by atoms with E-state index in [1.165, 1.54) is 0 Å². The SMILES string of the molecule is CSCc1noc(CNC(=O)[C@@H]2CNC[C@H](C(=O)N3CCOCC3)C2)n1. The van der Waals surface area contributed by atoms with Crippen molar-refractivity contribution in [2.45, 2.75) is 18.7 Å². The van der Waals surface area contributed by atoms with E-state index in [0.717, 1.165) is 0 Å². The van der Waals surface area contributed by atoms with Crippen molar-refractivity contribution in [3.63, 3.8) is 0 Å². The molecule has 2 amide bonds. The first-order valence-corrected chi connectivity index (χ1v) is 10.2. The quantitative estimate of drug-likeness (QED) is 0.685. The molecule has 3 rings (SSSR count). The van der Waals surface area contributed by atoms with Crippen molar-refractivity contribution < 1.29 is 18.8 Å². The van der Waals surface area contributed by atoms with Crippen LogP contribution in [0.25, 0.3) is 0 Å². The monoisotopic (exact) mass is 383 g/mol. The summed E-state index contributed by atoms with van der Waals surface area (Å²) in [5.74, 6) is 1.29. The van der Waals surface area contributed by atoms with Crippen molar-refractivity contribution in [2.75, 3.05) is 45.6 Å². The van der Waals surface area contributed by atoms with Gasteiger partial charge in [0.2, 0.25) is 17.7 Å². The number of nitrogens with zero attached hydrogens (tertiary/aromatic N) is 3. The van der Waals surface area contributed by atoms with Crippen LogP contribution in [0.4, 0.5) is 0 Å². The van der Waals surface area contributed by atoms with E-state index in [4.69, 9.17) is 9.26 Å². The average Bonchev–Trinajstić information content (AvgIpc) is 3.14. The summed E-state index contributed by atoms with van der Waals surface area (Å²) >= 11 is 1.61. The van der Waals surface area contributed by atoms with Crippen LogP contribution in [0.15, 0.2) is 4.52 Å². The van der Waals surface area contributed by atoms with E-state index in [0.29, 0.717) is 63.3 Å². The Kier molecular flexibility index (Phi) is 6.86. The normalized spacial score (nSPS) is 23.7. The first kappa shape index (κ1) is 19.1. The van der Waals surface area contributed by atoms with Gasteiger partial charge in [0.1, 0.15) is 0 Å². The first-order valence-electron chi connectivity index (χ1n) is 8.82. The highest BCUT2D eigenvalue weighted by molar-refractivity contribution is 7.97. The molecule has 0 aliphatic carbocycles. The van der Waals surface area contributed by atoms with Crippen molar-refractivity contribution >= 4 is 23.6 Å². The molecule has 3 heterocycles. The highest BCUT2D eigenvalue weighted by Gasteiger charge is 2.33. The molecule has 0 aromatic carbocycles. The topological polar surface area (TPSA) is 110 Å². The second-order valence-electron chi connectivity index (χ2n) is 6.48. The van der Waals surface area contributed by atoms with Crippen molar-refractivity contribution in [2.24, 2.45) is 11.8 Å². The summed E-state index contributed by atoms with van der Waals surface area (Å²) in [6.45, 7) is 3.81. The lowest BCUT2D eigenvalue weighted by molar-refractivity contribution is -0.141. The third kappa shape index (κ3) is 4.95. The van der Waals surface area contributed by atoms with Gasteiger partial charge in [-0.3, -0.25) is 9.59 Å². The van der Waals surface area contributed by atoms with E-state index in [1.54, 1.807) is 11.8 Å². The fourth-order valence-corrected chi connectivity index (χ4v) is 3.60. The Bertz CT molecular complexity index is 620. The van der Waals surface area contributed by atoms with Gasteiger partial charge in [0.05, 0.1) is 37.3 Å². The number of carbonyl (C=O) groups excluding carboxylic acids is 2. The molecule has 2 atom stereocenters. The number of rotatable bonds is 6. The van der Waals surface area contributed by atoms with E-state index in [2.05, 4.69) is 20.8 Å². The average molecular weight is 383 g/mol. The van der Waals surface area contributed by atoms with Crippen LogP contribution in [0.1, 0.15) is 18.1 Å². The molecular weight excluding hydrogens is 358 g/mol. The van der Waals surface area contributed by atoms with Gasteiger partial charge in [-0.1, -0.05) is 5.16 Å². The molecule has 0 saturated carbocycles. The zero-order valence-electron chi connectivity index (χ0n) is 14.9. The van der Waals surface area contributed by atoms with Crippen LogP contribution in [-0.2, 0) is 26.6 Å². The zero-order valence-corrected chi connectivity index (χ0v) is 15.7. The Morgan fingerprint density at radius 3 is 2.85 bits per heavy atom. The number of carbonyl (C=O) groups is 2. The van der Waals surface area contributed by atoms with Gasteiger partial charge in [-0.2, -0.15) is 16.7 Å². The molecule has 144 valence electrons. The number of hydrogen-bond acceptors (Lipinski definition) is 8. The minimum Gasteiger partial charge on any atom is -0.378 e. The summed E-state index contributed by atoms with van der Waals surface area (Å²) in [5.41, 5.74) is 0. The second-order valence-corrected chi connectivity index (χ2v) is 7.35. The van der Waals surface area contributed by atoms with Gasteiger partial charge in [0, 0.05) is 26.2 Å². The molecule has 1 aromatic heterocycles. The maximum absolute atomic E-state index is 12.6. The number of morpholine rings is 1. The molecule has 26 heavy (non-hydrogen) atoms. The molecule has 0 spiro atoms. The fraction of sp³-hybridized carbons (Fsp3) is 0.750. The van der Waals surface area contributed by atoms with Crippen LogP contribution < -0.4 is 10.6 Å². The smallest absolute Gasteiger partial charge is 0.246 e. The summed E-state index contributed by atoms with van der Waals surface area (Å²) in [5, 5.41) is 9.90. The minimum absolute atomic E-state index is 0.0957. The highest BCUT2D eigenvalue weighted by atomic mass is 32.2. The molecular formula is C16H25N5O4S. The largest absolute Gasteiger partial charge is 0.378 e. The molecule has 2 aliphatic heterocycles. The number of amides is 2. The Morgan fingerprint density at radius 1 is 1.31 bits per heavy atom. The maximum atomic E-state index is 12.6. The van der Waals surface area contributed by atoms with E-state index in [9.17, 15) is 9.59 Å². The lowest BCUT2D eigenvalue weighted by Crippen LogP contribution is -2.51. The first-order chi connectivity index (χ1) is 12.7. The predicted molar refractivity (Wildman–Crippen MR) is 95.2 cm³/mol. The summed E-state index contributed by atoms with van der Waals surface area (Å²) in [6.07, 6.45) is 2.51. The lowest BCUT2D eigenvalue weighted by Gasteiger charge is -2.34. The molecule has 0 radical (unpaired) electrons.